The zero-order valence-electron chi connectivity index (χ0n) is 18.2. The lowest BCUT2D eigenvalue weighted by atomic mass is 9.55. The van der Waals surface area contributed by atoms with Gasteiger partial charge < -0.3 is 4.74 Å². The predicted molar refractivity (Wildman–Crippen MR) is 118 cm³/mol. The van der Waals surface area contributed by atoms with Gasteiger partial charge in [-0.25, -0.2) is 0 Å². The SMILES string of the molecule is CCCCCC#C/C=C1\C[C@H]2[C@@H]3CCc4cc(OC)ccc4[C@H]3CC[C@@]2(C)C1=O. The van der Waals surface area contributed by atoms with Gasteiger partial charge in [0.1, 0.15) is 5.75 Å². The van der Waals surface area contributed by atoms with Gasteiger partial charge in [0.15, 0.2) is 5.78 Å². The first-order valence-corrected chi connectivity index (χ1v) is 11.5. The summed E-state index contributed by atoms with van der Waals surface area (Å²) >= 11 is 0. The Hall–Kier alpha value is -2.01. The molecule has 0 unspecified atom stereocenters. The molecule has 0 heterocycles. The van der Waals surface area contributed by atoms with E-state index in [1.807, 2.05) is 6.08 Å². The maximum absolute atomic E-state index is 13.3. The van der Waals surface area contributed by atoms with Crippen molar-refractivity contribution >= 4 is 5.78 Å². The minimum absolute atomic E-state index is 0.180. The lowest BCUT2D eigenvalue weighted by Crippen LogP contribution is -2.42. The number of ether oxygens (including phenoxy) is 1. The molecule has 0 aromatic heterocycles. The highest BCUT2D eigenvalue weighted by Gasteiger charge is 2.56. The predicted octanol–water partition coefficient (Wildman–Crippen LogP) is 6.24. The van der Waals surface area contributed by atoms with Crippen LogP contribution in [0.1, 0.15) is 82.3 Å². The van der Waals surface area contributed by atoms with Gasteiger partial charge in [0.25, 0.3) is 0 Å². The molecule has 0 N–H and O–H groups in total. The average Bonchev–Trinajstić information content (AvgIpc) is 3.00. The number of unbranched alkanes of at least 4 members (excludes halogenated alkanes) is 3. The molecule has 0 saturated heterocycles. The van der Waals surface area contributed by atoms with Crippen LogP contribution in [0.4, 0.5) is 0 Å². The Morgan fingerprint density at radius 3 is 2.93 bits per heavy atom. The molecule has 2 fully saturated rings. The number of ketones is 1. The molecule has 154 valence electrons. The van der Waals surface area contributed by atoms with Crippen molar-refractivity contribution in [3.05, 3.63) is 41.0 Å². The summed E-state index contributed by atoms with van der Waals surface area (Å²) in [7, 11) is 1.74. The fourth-order valence-corrected chi connectivity index (χ4v) is 6.16. The molecule has 0 spiro atoms. The fourth-order valence-electron chi connectivity index (χ4n) is 6.16. The Kier molecular flexibility index (Phi) is 5.86. The molecule has 29 heavy (non-hydrogen) atoms. The van der Waals surface area contributed by atoms with E-state index in [1.165, 1.54) is 30.4 Å². The number of hydrogen-bond acceptors (Lipinski definition) is 2. The van der Waals surface area contributed by atoms with Gasteiger partial charge in [-0.1, -0.05) is 44.6 Å². The smallest absolute Gasteiger partial charge is 0.165 e. The number of benzene rings is 1. The Balaban J connectivity index is 1.54. The number of fused-ring (bicyclic) bond motifs is 5. The molecule has 4 atom stereocenters. The van der Waals surface area contributed by atoms with Crippen molar-refractivity contribution in [3.63, 3.8) is 0 Å². The number of aryl methyl sites for hydroxylation is 1. The first kappa shape index (κ1) is 20.3. The third kappa shape index (κ3) is 3.65. The van der Waals surface area contributed by atoms with Gasteiger partial charge in [-0.05, 0) is 85.6 Å². The van der Waals surface area contributed by atoms with Gasteiger partial charge in [-0.15, -0.1) is 0 Å². The highest BCUT2D eigenvalue weighted by molar-refractivity contribution is 6.03. The zero-order valence-corrected chi connectivity index (χ0v) is 18.2. The van der Waals surface area contributed by atoms with Crippen molar-refractivity contribution in [2.75, 3.05) is 7.11 Å². The second kappa shape index (κ2) is 8.39. The van der Waals surface area contributed by atoms with Crippen LogP contribution in [0.3, 0.4) is 0 Å². The van der Waals surface area contributed by atoms with Crippen LogP contribution < -0.4 is 4.74 Å². The van der Waals surface area contributed by atoms with Gasteiger partial charge in [-0.3, -0.25) is 4.79 Å². The van der Waals surface area contributed by atoms with E-state index in [4.69, 9.17) is 4.74 Å². The van der Waals surface area contributed by atoms with E-state index in [9.17, 15) is 4.79 Å². The molecule has 1 aromatic carbocycles. The number of carbonyl (C=O) groups excluding carboxylic acids is 1. The van der Waals surface area contributed by atoms with Crippen molar-refractivity contribution < 1.29 is 9.53 Å². The maximum Gasteiger partial charge on any atom is 0.165 e. The number of Topliss-reactive ketones (excluding diaryl/α,β-unsaturated/α-hetero) is 1. The van der Waals surface area contributed by atoms with Crippen LogP contribution in [-0.4, -0.2) is 12.9 Å². The molecule has 1 aromatic rings. The van der Waals surface area contributed by atoms with E-state index in [0.29, 0.717) is 23.5 Å². The minimum atomic E-state index is -0.180. The molecule has 0 amide bonds. The van der Waals surface area contributed by atoms with Crippen LogP contribution in [0.2, 0.25) is 0 Å². The standard InChI is InChI=1S/C27H34O2/c1-4-5-6-7-8-9-10-20-18-25-24-13-11-19-17-21(29-3)12-14-22(19)23(24)15-16-27(25,2)26(20)28/h10,12,14,17,23-25H,4-7,11,13,15-16,18H2,1-3H3/b20-10+/t23-,24-,25+,27-/m1/s1. The van der Waals surface area contributed by atoms with Crippen LogP contribution in [0.25, 0.3) is 0 Å². The number of methoxy groups -OCH3 is 1. The van der Waals surface area contributed by atoms with Crippen LogP contribution in [0.5, 0.6) is 5.75 Å². The summed E-state index contributed by atoms with van der Waals surface area (Å²) in [6, 6.07) is 6.61. The lowest BCUT2D eigenvalue weighted by Gasteiger charge is -2.48. The summed E-state index contributed by atoms with van der Waals surface area (Å²) in [4.78, 5) is 13.3. The molecule has 2 saturated carbocycles. The van der Waals surface area contributed by atoms with Crippen LogP contribution in [-0.2, 0) is 11.2 Å². The Bertz CT molecular complexity index is 868. The maximum atomic E-state index is 13.3. The molecular formula is C27H34O2. The fraction of sp³-hybridized carbons (Fsp3) is 0.593. The van der Waals surface area contributed by atoms with E-state index in [2.05, 4.69) is 43.9 Å². The van der Waals surface area contributed by atoms with E-state index >= 15 is 0 Å². The van der Waals surface area contributed by atoms with Crippen LogP contribution in [0, 0.1) is 29.1 Å². The summed E-state index contributed by atoms with van der Waals surface area (Å²) in [6.45, 7) is 4.44. The zero-order chi connectivity index (χ0) is 20.4. The van der Waals surface area contributed by atoms with E-state index in [-0.39, 0.29) is 5.41 Å². The third-order valence-corrected chi connectivity index (χ3v) is 7.83. The summed E-state index contributed by atoms with van der Waals surface area (Å²) in [5.74, 6) is 9.46. The Labute approximate surface area is 176 Å². The molecule has 0 radical (unpaired) electrons. The first-order chi connectivity index (χ1) is 14.1. The van der Waals surface area contributed by atoms with E-state index < -0.39 is 0 Å². The summed E-state index contributed by atoms with van der Waals surface area (Å²) in [6.07, 6.45) is 11.9. The van der Waals surface area contributed by atoms with Crippen LogP contribution >= 0.6 is 0 Å². The summed E-state index contributed by atoms with van der Waals surface area (Å²) < 4.78 is 5.43. The van der Waals surface area contributed by atoms with Crippen molar-refractivity contribution in [1.29, 1.82) is 0 Å². The Morgan fingerprint density at radius 2 is 2.14 bits per heavy atom. The van der Waals surface area contributed by atoms with Crippen molar-refractivity contribution in [2.45, 2.75) is 77.6 Å². The second-order valence-corrected chi connectivity index (χ2v) is 9.42. The molecule has 0 bridgehead atoms. The van der Waals surface area contributed by atoms with E-state index in [0.717, 1.165) is 49.8 Å². The summed E-state index contributed by atoms with van der Waals surface area (Å²) in [5.41, 5.74) is 3.76. The summed E-state index contributed by atoms with van der Waals surface area (Å²) in [5, 5.41) is 0. The van der Waals surface area contributed by atoms with Crippen molar-refractivity contribution in [1.82, 2.24) is 0 Å². The van der Waals surface area contributed by atoms with Gasteiger partial charge in [0.2, 0.25) is 0 Å². The average molecular weight is 391 g/mol. The number of rotatable bonds is 4. The molecule has 2 heteroatoms. The van der Waals surface area contributed by atoms with E-state index in [1.54, 1.807) is 7.11 Å². The normalized spacial score (nSPS) is 31.5. The third-order valence-electron chi connectivity index (χ3n) is 7.83. The highest BCUT2D eigenvalue weighted by atomic mass is 16.5. The van der Waals surface area contributed by atoms with Gasteiger partial charge in [0, 0.05) is 17.4 Å². The lowest BCUT2D eigenvalue weighted by molar-refractivity contribution is -0.127. The minimum Gasteiger partial charge on any atom is -0.497 e. The van der Waals surface area contributed by atoms with Crippen LogP contribution in [0.15, 0.2) is 29.8 Å². The molecule has 2 nitrogen and oxygen atoms in total. The number of carbonyl (C=O) groups is 1. The molecule has 0 aliphatic heterocycles. The number of hydrogen-bond donors (Lipinski definition) is 0. The van der Waals surface area contributed by atoms with Crippen molar-refractivity contribution in [2.24, 2.45) is 17.3 Å². The van der Waals surface area contributed by atoms with Gasteiger partial charge >= 0.3 is 0 Å². The number of allylic oxidation sites excluding steroid dienone is 2. The monoisotopic (exact) mass is 390 g/mol. The quantitative estimate of drug-likeness (QED) is 0.345. The van der Waals surface area contributed by atoms with Gasteiger partial charge in [0.05, 0.1) is 7.11 Å². The molecular weight excluding hydrogens is 356 g/mol. The molecule has 3 aliphatic carbocycles. The van der Waals surface area contributed by atoms with Crippen molar-refractivity contribution in [3.8, 4) is 17.6 Å². The Morgan fingerprint density at radius 1 is 1.28 bits per heavy atom. The first-order valence-electron chi connectivity index (χ1n) is 11.5. The second-order valence-electron chi connectivity index (χ2n) is 9.42. The molecule has 3 aliphatic rings. The highest BCUT2D eigenvalue weighted by Crippen LogP contribution is 2.60. The molecule has 4 rings (SSSR count). The largest absolute Gasteiger partial charge is 0.497 e. The topological polar surface area (TPSA) is 26.3 Å². The van der Waals surface area contributed by atoms with Gasteiger partial charge in [-0.2, -0.15) is 0 Å².